The number of carbonyl (C=O) groups is 1. The summed E-state index contributed by atoms with van der Waals surface area (Å²) >= 11 is 0. The van der Waals surface area contributed by atoms with Gasteiger partial charge in [-0.05, 0) is 44.4 Å². The Bertz CT molecular complexity index is 476. The van der Waals surface area contributed by atoms with Gasteiger partial charge < -0.3 is 10.2 Å². The Labute approximate surface area is 128 Å². The van der Waals surface area contributed by atoms with E-state index in [9.17, 15) is 4.79 Å². The lowest BCUT2D eigenvalue weighted by Gasteiger charge is -2.28. The van der Waals surface area contributed by atoms with Crippen LogP contribution in [-0.2, 0) is 0 Å². The lowest BCUT2D eigenvalue weighted by Crippen LogP contribution is -2.37. The standard InChI is InChI=1S/C18H28N2O/c1-4-19-17-13-14(2)11-12-16(17)18(21)20(3)15-9-7-5-6-8-10-15/h11-13,15,19H,4-10H2,1-3H3. The number of nitrogens with zero attached hydrogens (tertiary/aromatic N) is 1. The molecule has 1 aromatic carbocycles. The minimum atomic E-state index is 0.151. The van der Waals surface area contributed by atoms with E-state index in [4.69, 9.17) is 0 Å². The van der Waals surface area contributed by atoms with Gasteiger partial charge in [0.05, 0.1) is 5.56 Å². The fourth-order valence-corrected chi connectivity index (χ4v) is 3.18. The number of anilines is 1. The van der Waals surface area contributed by atoms with Crippen LogP contribution in [0.5, 0.6) is 0 Å². The Morgan fingerprint density at radius 3 is 2.52 bits per heavy atom. The third-order valence-electron chi connectivity index (χ3n) is 4.47. The second-order valence-corrected chi connectivity index (χ2v) is 6.14. The van der Waals surface area contributed by atoms with Crippen molar-refractivity contribution in [2.24, 2.45) is 0 Å². The number of rotatable bonds is 4. The Balaban J connectivity index is 2.18. The molecule has 0 radical (unpaired) electrons. The third-order valence-corrected chi connectivity index (χ3v) is 4.47. The second kappa shape index (κ2) is 7.48. The molecule has 0 bridgehead atoms. The zero-order chi connectivity index (χ0) is 15.2. The molecule has 0 heterocycles. The van der Waals surface area contributed by atoms with Gasteiger partial charge in [-0.1, -0.05) is 31.7 Å². The molecular weight excluding hydrogens is 260 g/mol. The lowest BCUT2D eigenvalue weighted by atomic mass is 10.0. The maximum Gasteiger partial charge on any atom is 0.255 e. The fourth-order valence-electron chi connectivity index (χ4n) is 3.18. The highest BCUT2D eigenvalue weighted by molar-refractivity contribution is 5.99. The maximum atomic E-state index is 12.8. The topological polar surface area (TPSA) is 32.3 Å². The number of amides is 1. The first-order chi connectivity index (χ1) is 10.1. The highest BCUT2D eigenvalue weighted by Gasteiger charge is 2.23. The van der Waals surface area contributed by atoms with Crippen LogP contribution in [0, 0.1) is 6.92 Å². The quantitative estimate of drug-likeness (QED) is 0.841. The van der Waals surface area contributed by atoms with Crippen molar-refractivity contribution < 1.29 is 4.79 Å². The highest BCUT2D eigenvalue weighted by atomic mass is 16.2. The molecule has 0 saturated heterocycles. The van der Waals surface area contributed by atoms with Crippen molar-refractivity contribution in [1.29, 1.82) is 0 Å². The summed E-state index contributed by atoms with van der Waals surface area (Å²) in [6.07, 6.45) is 7.40. The van der Waals surface area contributed by atoms with Gasteiger partial charge in [-0.2, -0.15) is 0 Å². The molecule has 0 spiro atoms. The molecule has 21 heavy (non-hydrogen) atoms. The number of benzene rings is 1. The van der Waals surface area contributed by atoms with Crippen LogP contribution >= 0.6 is 0 Å². The van der Waals surface area contributed by atoms with Crippen LogP contribution in [0.3, 0.4) is 0 Å². The molecule has 116 valence electrons. The summed E-state index contributed by atoms with van der Waals surface area (Å²) in [6.45, 7) is 4.95. The van der Waals surface area contributed by atoms with Gasteiger partial charge in [0.1, 0.15) is 0 Å². The van der Waals surface area contributed by atoms with E-state index in [-0.39, 0.29) is 5.91 Å². The number of hydrogen-bond donors (Lipinski definition) is 1. The van der Waals surface area contributed by atoms with Crippen LogP contribution in [0.4, 0.5) is 5.69 Å². The minimum absolute atomic E-state index is 0.151. The van der Waals surface area contributed by atoms with Gasteiger partial charge in [0, 0.05) is 25.3 Å². The summed E-state index contributed by atoms with van der Waals surface area (Å²) in [5.41, 5.74) is 2.94. The predicted octanol–water partition coefficient (Wildman–Crippen LogP) is 4.22. The lowest BCUT2D eigenvalue weighted by molar-refractivity contribution is 0.0718. The average molecular weight is 288 g/mol. The van der Waals surface area contributed by atoms with Crippen LogP contribution in [0.1, 0.15) is 61.4 Å². The monoisotopic (exact) mass is 288 g/mol. The summed E-state index contributed by atoms with van der Waals surface area (Å²) < 4.78 is 0. The zero-order valence-corrected chi connectivity index (χ0v) is 13.6. The first-order valence-electron chi connectivity index (χ1n) is 8.25. The van der Waals surface area contributed by atoms with Crippen LogP contribution < -0.4 is 5.32 Å². The second-order valence-electron chi connectivity index (χ2n) is 6.14. The van der Waals surface area contributed by atoms with Crippen molar-refractivity contribution in [3.8, 4) is 0 Å². The molecule has 1 saturated carbocycles. The van der Waals surface area contributed by atoms with E-state index in [1.807, 2.05) is 24.1 Å². The van der Waals surface area contributed by atoms with Crippen molar-refractivity contribution in [2.45, 2.75) is 58.4 Å². The minimum Gasteiger partial charge on any atom is -0.385 e. The molecular formula is C18H28N2O. The van der Waals surface area contributed by atoms with Gasteiger partial charge in [-0.15, -0.1) is 0 Å². The summed E-state index contributed by atoms with van der Waals surface area (Å²) in [5.74, 6) is 0.151. The van der Waals surface area contributed by atoms with E-state index in [0.29, 0.717) is 6.04 Å². The van der Waals surface area contributed by atoms with E-state index >= 15 is 0 Å². The summed E-state index contributed by atoms with van der Waals surface area (Å²) in [4.78, 5) is 14.8. The van der Waals surface area contributed by atoms with Crippen LogP contribution in [0.15, 0.2) is 18.2 Å². The van der Waals surface area contributed by atoms with Gasteiger partial charge in [-0.3, -0.25) is 4.79 Å². The molecule has 0 aromatic heterocycles. The highest BCUT2D eigenvalue weighted by Crippen LogP contribution is 2.25. The van der Waals surface area contributed by atoms with Crippen LogP contribution in [0.2, 0.25) is 0 Å². The first-order valence-corrected chi connectivity index (χ1v) is 8.25. The molecule has 1 aliphatic carbocycles. The number of aryl methyl sites for hydroxylation is 1. The Kier molecular flexibility index (Phi) is 5.66. The van der Waals surface area contributed by atoms with Crippen molar-refractivity contribution in [1.82, 2.24) is 4.90 Å². The van der Waals surface area contributed by atoms with Crippen molar-refractivity contribution in [3.05, 3.63) is 29.3 Å². The first kappa shape index (κ1) is 15.9. The van der Waals surface area contributed by atoms with Gasteiger partial charge in [0.2, 0.25) is 0 Å². The third kappa shape index (κ3) is 3.99. The Hall–Kier alpha value is -1.51. The van der Waals surface area contributed by atoms with Crippen molar-refractivity contribution in [3.63, 3.8) is 0 Å². The molecule has 3 nitrogen and oxygen atoms in total. The number of nitrogens with one attached hydrogen (secondary N) is 1. The molecule has 2 rings (SSSR count). The largest absolute Gasteiger partial charge is 0.385 e. The van der Waals surface area contributed by atoms with Gasteiger partial charge >= 0.3 is 0 Å². The molecule has 1 fully saturated rings. The number of hydrogen-bond acceptors (Lipinski definition) is 2. The molecule has 1 aliphatic rings. The molecule has 1 aromatic rings. The van der Waals surface area contributed by atoms with E-state index in [2.05, 4.69) is 25.2 Å². The van der Waals surface area contributed by atoms with Crippen molar-refractivity contribution in [2.75, 3.05) is 18.9 Å². The van der Waals surface area contributed by atoms with Gasteiger partial charge in [0.25, 0.3) is 5.91 Å². The molecule has 0 aliphatic heterocycles. The Morgan fingerprint density at radius 2 is 1.90 bits per heavy atom. The summed E-state index contributed by atoms with van der Waals surface area (Å²) in [7, 11) is 1.97. The summed E-state index contributed by atoms with van der Waals surface area (Å²) in [5, 5.41) is 3.32. The van der Waals surface area contributed by atoms with Crippen LogP contribution in [0.25, 0.3) is 0 Å². The fraction of sp³-hybridized carbons (Fsp3) is 0.611. The van der Waals surface area contributed by atoms with Gasteiger partial charge in [0.15, 0.2) is 0 Å². The van der Waals surface area contributed by atoms with E-state index in [0.717, 1.165) is 30.6 Å². The van der Waals surface area contributed by atoms with Gasteiger partial charge in [-0.25, -0.2) is 0 Å². The van der Waals surface area contributed by atoms with E-state index in [1.165, 1.54) is 31.2 Å². The predicted molar refractivity (Wildman–Crippen MR) is 88.9 cm³/mol. The SMILES string of the molecule is CCNc1cc(C)ccc1C(=O)N(C)C1CCCCCC1. The molecule has 3 heteroatoms. The Morgan fingerprint density at radius 1 is 1.24 bits per heavy atom. The average Bonchev–Trinajstić information content (AvgIpc) is 2.75. The maximum absolute atomic E-state index is 12.8. The molecule has 0 unspecified atom stereocenters. The zero-order valence-electron chi connectivity index (χ0n) is 13.6. The smallest absolute Gasteiger partial charge is 0.255 e. The molecule has 0 atom stereocenters. The van der Waals surface area contributed by atoms with Crippen LogP contribution in [-0.4, -0.2) is 30.4 Å². The molecule has 1 amide bonds. The normalized spacial score (nSPS) is 16.3. The van der Waals surface area contributed by atoms with Crippen molar-refractivity contribution >= 4 is 11.6 Å². The molecule has 1 N–H and O–H groups in total. The number of carbonyl (C=O) groups excluding carboxylic acids is 1. The van der Waals surface area contributed by atoms with E-state index in [1.54, 1.807) is 0 Å². The van der Waals surface area contributed by atoms with E-state index < -0.39 is 0 Å². The summed E-state index contributed by atoms with van der Waals surface area (Å²) in [6, 6.07) is 6.45.